The van der Waals surface area contributed by atoms with Crippen molar-refractivity contribution in [2.24, 2.45) is 5.92 Å². The number of hydrogen-bond donors (Lipinski definition) is 2. The van der Waals surface area contributed by atoms with Gasteiger partial charge in [0.2, 0.25) is 0 Å². The van der Waals surface area contributed by atoms with Crippen LogP contribution in [0.25, 0.3) is 22.4 Å². The molecule has 3 aromatic rings. The highest BCUT2D eigenvalue weighted by Gasteiger charge is 2.16. The number of nitrogens with zero attached hydrogens (tertiary/aromatic N) is 1. The summed E-state index contributed by atoms with van der Waals surface area (Å²) in [4.78, 5) is 19.8. The van der Waals surface area contributed by atoms with Crippen LogP contribution >= 0.6 is 0 Å². The quantitative estimate of drug-likeness (QED) is 0.574. The third-order valence-electron chi connectivity index (χ3n) is 5.60. The summed E-state index contributed by atoms with van der Waals surface area (Å²) in [7, 11) is 1.62. The summed E-state index contributed by atoms with van der Waals surface area (Å²) in [6, 6.07) is 11.3. The fourth-order valence-electron chi connectivity index (χ4n) is 3.98. The molecule has 156 valence electrons. The molecule has 0 atom stereocenters. The molecule has 2 N–H and O–H groups in total. The molecule has 0 aliphatic heterocycles. The zero-order valence-corrected chi connectivity index (χ0v) is 17.2. The number of aromatic nitrogens is 2. The topological polar surface area (TPSA) is 76.2 Å². The molecule has 0 spiro atoms. The van der Waals surface area contributed by atoms with Gasteiger partial charge < -0.3 is 19.8 Å². The number of benzene rings is 1. The minimum absolute atomic E-state index is 0.421. The molecule has 1 aromatic carbocycles. The first-order valence-electron chi connectivity index (χ1n) is 10.5. The average molecular weight is 405 g/mol. The molecule has 1 aliphatic rings. The third kappa shape index (κ3) is 4.82. The monoisotopic (exact) mass is 405 g/mol. The van der Waals surface area contributed by atoms with Gasteiger partial charge in [-0.25, -0.2) is 4.79 Å². The summed E-state index contributed by atoms with van der Waals surface area (Å²) >= 11 is 0. The SMILES string of the molecule is COc1ccc(OC(=O)NCC2CCCCC2)cc1-c1cncc(-c2ccc[nH]2)c1. The van der Waals surface area contributed by atoms with E-state index >= 15 is 0 Å². The van der Waals surface area contributed by atoms with E-state index in [-0.39, 0.29) is 0 Å². The maximum atomic E-state index is 12.3. The Bertz CT molecular complexity index is 979. The molecule has 0 saturated heterocycles. The minimum Gasteiger partial charge on any atom is -0.496 e. The number of methoxy groups -OCH3 is 1. The number of pyridine rings is 1. The zero-order chi connectivity index (χ0) is 20.8. The van der Waals surface area contributed by atoms with Gasteiger partial charge in [0.05, 0.1) is 7.11 Å². The van der Waals surface area contributed by atoms with E-state index in [0.29, 0.717) is 24.0 Å². The summed E-state index contributed by atoms with van der Waals surface area (Å²) in [5.74, 6) is 1.71. The number of ether oxygens (including phenoxy) is 2. The summed E-state index contributed by atoms with van der Waals surface area (Å²) in [5.41, 5.74) is 3.65. The second-order valence-electron chi connectivity index (χ2n) is 7.68. The van der Waals surface area contributed by atoms with E-state index < -0.39 is 6.09 Å². The molecule has 2 aromatic heterocycles. The molecule has 2 heterocycles. The third-order valence-corrected chi connectivity index (χ3v) is 5.60. The second kappa shape index (κ2) is 9.48. The van der Waals surface area contributed by atoms with Crippen LogP contribution in [0.5, 0.6) is 11.5 Å². The lowest BCUT2D eigenvalue weighted by molar-refractivity contribution is 0.196. The Morgan fingerprint density at radius 1 is 1.13 bits per heavy atom. The predicted molar refractivity (Wildman–Crippen MR) is 117 cm³/mol. The van der Waals surface area contributed by atoms with Gasteiger partial charge in [0.1, 0.15) is 11.5 Å². The van der Waals surface area contributed by atoms with E-state index in [2.05, 4.69) is 15.3 Å². The zero-order valence-electron chi connectivity index (χ0n) is 17.2. The maximum Gasteiger partial charge on any atom is 0.412 e. The number of aromatic amines is 1. The van der Waals surface area contributed by atoms with Crippen molar-refractivity contribution in [2.45, 2.75) is 32.1 Å². The highest BCUT2D eigenvalue weighted by atomic mass is 16.6. The van der Waals surface area contributed by atoms with Gasteiger partial charge in [-0.2, -0.15) is 0 Å². The standard InChI is InChI=1S/C24H27N3O3/c1-29-23-10-9-20(30-24(28)27-14-17-6-3-2-4-7-17)13-21(23)18-12-19(16-25-15-18)22-8-5-11-26-22/h5,8-13,15-17,26H,2-4,6-7,14H2,1H3,(H,27,28). The Morgan fingerprint density at radius 3 is 2.73 bits per heavy atom. The summed E-state index contributed by atoms with van der Waals surface area (Å²) in [6.07, 6.45) is 11.2. The predicted octanol–water partition coefficient (Wildman–Crippen LogP) is 5.42. The van der Waals surface area contributed by atoms with Crippen molar-refractivity contribution in [3.8, 4) is 33.9 Å². The first kappa shape index (κ1) is 20.0. The fourth-order valence-corrected chi connectivity index (χ4v) is 3.98. The van der Waals surface area contributed by atoms with Gasteiger partial charge in [-0.05, 0) is 55.2 Å². The van der Waals surface area contributed by atoms with Crippen molar-refractivity contribution < 1.29 is 14.3 Å². The number of hydrogen-bond acceptors (Lipinski definition) is 4. The lowest BCUT2D eigenvalue weighted by Crippen LogP contribution is -2.32. The molecule has 1 saturated carbocycles. The first-order valence-corrected chi connectivity index (χ1v) is 10.5. The van der Waals surface area contributed by atoms with Crippen molar-refractivity contribution >= 4 is 6.09 Å². The van der Waals surface area contributed by atoms with Gasteiger partial charge in [-0.1, -0.05) is 19.3 Å². The minimum atomic E-state index is -0.421. The molecule has 4 rings (SSSR count). The average Bonchev–Trinajstić information content (AvgIpc) is 3.34. The Hall–Kier alpha value is -3.28. The molecule has 0 bridgehead atoms. The van der Waals surface area contributed by atoms with E-state index in [0.717, 1.165) is 22.4 Å². The van der Waals surface area contributed by atoms with Crippen molar-refractivity contribution in [1.29, 1.82) is 0 Å². The highest BCUT2D eigenvalue weighted by Crippen LogP contribution is 2.34. The highest BCUT2D eigenvalue weighted by molar-refractivity contribution is 5.77. The number of rotatable bonds is 6. The molecule has 1 fully saturated rings. The Kier molecular flexibility index (Phi) is 6.32. The smallest absolute Gasteiger partial charge is 0.412 e. The van der Waals surface area contributed by atoms with E-state index in [1.165, 1.54) is 32.1 Å². The lowest BCUT2D eigenvalue weighted by Gasteiger charge is -2.21. The van der Waals surface area contributed by atoms with E-state index in [1.807, 2.05) is 30.5 Å². The Morgan fingerprint density at radius 2 is 1.97 bits per heavy atom. The number of carbonyl (C=O) groups excluding carboxylic acids is 1. The van der Waals surface area contributed by atoms with Gasteiger partial charge in [0.15, 0.2) is 0 Å². The van der Waals surface area contributed by atoms with Gasteiger partial charge >= 0.3 is 6.09 Å². The van der Waals surface area contributed by atoms with Crippen molar-refractivity contribution in [3.05, 3.63) is 55.0 Å². The molecule has 0 unspecified atom stereocenters. The van der Waals surface area contributed by atoms with Crippen LogP contribution in [0, 0.1) is 5.92 Å². The molecule has 6 heteroatoms. The summed E-state index contributed by atoms with van der Waals surface area (Å²) < 4.78 is 11.1. The first-order chi connectivity index (χ1) is 14.7. The van der Waals surface area contributed by atoms with E-state index in [1.54, 1.807) is 31.6 Å². The lowest BCUT2D eigenvalue weighted by atomic mass is 9.89. The van der Waals surface area contributed by atoms with E-state index in [4.69, 9.17) is 9.47 Å². The Balaban J connectivity index is 1.49. The van der Waals surface area contributed by atoms with Gasteiger partial charge in [0.25, 0.3) is 0 Å². The number of nitrogens with one attached hydrogen (secondary N) is 2. The van der Waals surface area contributed by atoms with Crippen molar-refractivity contribution in [1.82, 2.24) is 15.3 Å². The largest absolute Gasteiger partial charge is 0.496 e. The molecular formula is C24H27N3O3. The van der Waals surface area contributed by atoms with E-state index in [9.17, 15) is 4.79 Å². The van der Waals surface area contributed by atoms with Crippen LogP contribution in [-0.4, -0.2) is 29.7 Å². The van der Waals surface area contributed by atoms with Gasteiger partial charge in [-0.3, -0.25) is 4.98 Å². The second-order valence-corrected chi connectivity index (χ2v) is 7.68. The molecule has 1 amide bonds. The van der Waals surface area contributed by atoms with Gasteiger partial charge in [-0.15, -0.1) is 0 Å². The number of H-pyrrole nitrogens is 1. The summed E-state index contributed by atoms with van der Waals surface area (Å²) in [5, 5.41) is 2.91. The van der Waals surface area contributed by atoms with Crippen LogP contribution in [0.1, 0.15) is 32.1 Å². The fraction of sp³-hybridized carbons (Fsp3) is 0.333. The van der Waals surface area contributed by atoms with Crippen LogP contribution < -0.4 is 14.8 Å². The van der Waals surface area contributed by atoms with Gasteiger partial charge in [0, 0.05) is 47.5 Å². The molecule has 30 heavy (non-hydrogen) atoms. The van der Waals surface area contributed by atoms with Crippen molar-refractivity contribution in [3.63, 3.8) is 0 Å². The van der Waals surface area contributed by atoms with Crippen LogP contribution in [0.3, 0.4) is 0 Å². The van der Waals surface area contributed by atoms with Crippen LogP contribution in [0.4, 0.5) is 4.79 Å². The molecule has 1 aliphatic carbocycles. The maximum absolute atomic E-state index is 12.3. The Labute approximate surface area is 176 Å². The number of amides is 1. The molecule has 0 radical (unpaired) electrons. The molecular weight excluding hydrogens is 378 g/mol. The van der Waals surface area contributed by atoms with Crippen LogP contribution in [0.15, 0.2) is 55.0 Å². The van der Waals surface area contributed by atoms with Crippen LogP contribution in [-0.2, 0) is 0 Å². The normalized spacial score (nSPS) is 14.3. The summed E-state index contributed by atoms with van der Waals surface area (Å²) in [6.45, 7) is 0.671. The number of carbonyl (C=O) groups is 1. The molecule has 6 nitrogen and oxygen atoms in total. The van der Waals surface area contributed by atoms with Crippen LogP contribution in [0.2, 0.25) is 0 Å². The van der Waals surface area contributed by atoms with Crippen molar-refractivity contribution in [2.75, 3.05) is 13.7 Å².